The molecule has 0 heterocycles. The van der Waals surface area contributed by atoms with E-state index < -0.39 is 18.0 Å². The highest BCUT2D eigenvalue weighted by Crippen LogP contribution is 2.36. The van der Waals surface area contributed by atoms with Crippen LogP contribution in [0.3, 0.4) is 0 Å². The molecule has 0 fully saturated rings. The van der Waals surface area contributed by atoms with Crippen molar-refractivity contribution >= 4 is 11.9 Å². The highest BCUT2D eigenvalue weighted by atomic mass is 16.4. The van der Waals surface area contributed by atoms with Gasteiger partial charge in [-0.25, -0.2) is 9.59 Å². The molecule has 0 bridgehead atoms. The molecule has 2 aromatic rings. The van der Waals surface area contributed by atoms with E-state index in [1.165, 1.54) is 0 Å². The quantitative estimate of drug-likeness (QED) is 0.302. The van der Waals surface area contributed by atoms with Crippen molar-refractivity contribution in [1.29, 1.82) is 0 Å². The van der Waals surface area contributed by atoms with Crippen molar-refractivity contribution in [2.45, 2.75) is 58.2 Å². The van der Waals surface area contributed by atoms with Crippen LogP contribution in [-0.4, -0.2) is 67.6 Å². The van der Waals surface area contributed by atoms with E-state index in [0.717, 1.165) is 24.1 Å². The van der Waals surface area contributed by atoms with Gasteiger partial charge in [0.15, 0.2) is 0 Å². The maximum atomic E-state index is 10.5. The van der Waals surface area contributed by atoms with E-state index in [9.17, 15) is 24.9 Å². The van der Waals surface area contributed by atoms with E-state index in [-0.39, 0.29) is 18.3 Å². The van der Waals surface area contributed by atoms with E-state index in [1.54, 1.807) is 12.1 Å². The van der Waals surface area contributed by atoms with Gasteiger partial charge in [0.25, 0.3) is 0 Å². The van der Waals surface area contributed by atoms with Gasteiger partial charge in [-0.1, -0.05) is 36.4 Å². The second-order valence-electron chi connectivity index (χ2n) is 8.70. The number of carboxylic acid groups (broad SMARTS) is 2. The minimum atomic E-state index is -1.26. The van der Waals surface area contributed by atoms with Crippen LogP contribution in [0.1, 0.15) is 62.8 Å². The maximum absolute atomic E-state index is 10.5. The van der Waals surface area contributed by atoms with Gasteiger partial charge in [0.1, 0.15) is 11.9 Å². The number of carboxylic acids is 2. The van der Waals surface area contributed by atoms with Crippen molar-refractivity contribution in [3.63, 3.8) is 0 Å². The lowest BCUT2D eigenvalue weighted by Crippen LogP contribution is -2.38. The lowest BCUT2D eigenvalue weighted by atomic mass is 9.86. The smallest absolute Gasteiger partial charge is 0.328 e. The van der Waals surface area contributed by atoms with E-state index in [0.29, 0.717) is 29.8 Å². The van der Waals surface area contributed by atoms with Crippen LogP contribution in [0.2, 0.25) is 0 Å². The zero-order chi connectivity index (χ0) is 26.5. The Balaban J connectivity index is 0.000000658. The molecule has 0 amide bonds. The molecule has 0 aliphatic rings. The summed E-state index contributed by atoms with van der Waals surface area (Å²) in [5, 5.41) is 45.5. The second kappa shape index (κ2) is 14.9. The second-order valence-corrected chi connectivity index (χ2v) is 8.70. The van der Waals surface area contributed by atoms with E-state index >= 15 is 0 Å². The predicted molar refractivity (Wildman–Crippen MR) is 134 cm³/mol. The van der Waals surface area contributed by atoms with Gasteiger partial charge >= 0.3 is 11.9 Å². The van der Waals surface area contributed by atoms with E-state index in [4.69, 9.17) is 10.2 Å². The molecule has 0 aliphatic carbocycles. The van der Waals surface area contributed by atoms with Gasteiger partial charge in [-0.2, -0.15) is 0 Å². The van der Waals surface area contributed by atoms with Crippen molar-refractivity contribution in [3.8, 4) is 5.75 Å². The summed E-state index contributed by atoms with van der Waals surface area (Å²) in [6, 6.07) is 16.1. The Morgan fingerprint density at radius 1 is 0.886 bits per heavy atom. The average molecular weight is 488 g/mol. The maximum Gasteiger partial charge on any atom is 0.328 e. The summed E-state index contributed by atoms with van der Waals surface area (Å²) < 4.78 is 0. The third-order valence-electron chi connectivity index (χ3n) is 5.56. The number of carbonyl (C=O) groups is 2. The SMILES string of the molecule is CC(C)N(CC[C@H](c1ccccc1)c1cc([C@@H](O)CO)ccc1O)C(C)C.O=C(O)/C=C/C(=O)O. The number of aliphatic hydroxyl groups is 2. The molecule has 0 aromatic heterocycles. The molecule has 0 spiro atoms. The van der Waals surface area contributed by atoms with Crippen LogP contribution in [-0.2, 0) is 9.59 Å². The molecule has 5 N–H and O–H groups in total. The van der Waals surface area contributed by atoms with Crippen molar-refractivity contribution in [3.05, 3.63) is 77.4 Å². The van der Waals surface area contributed by atoms with Crippen molar-refractivity contribution in [1.82, 2.24) is 4.90 Å². The molecule has 0 aliphatic heterocycles. The van der Waals surface area contributed by atoms with Crippen molar-refractivity contribution in [2.75, 3.05) is 13.2 Å². The molecule has 8 nitrogen and oxygen atoms in total. The molecule has 8 heteroatoms. The van der Waals surface area contributed by atoms with Gasteiger partial charge in [0.2, 0.25) is 0 Å². The zero-order valence-corrected chi connectivity index (χ0v) is 20.7. The van der Waals surface area contributed by atoms with Gasteiger partial charge in [-0.05, 0) is 63.9 Å². The van der Waals surface area contributed by atoms with Crippen molar-refractivity contribution < 1.29 is 35.1 Å². The fourth-order valence-corrected chi connectivity index (χ4v) is 3.89. The Hall–Kier alpha value is -3.20. The van der Waals surface area contributed by atoms with Gasteiger partial charge in [0.05, 0.1) is 6.61 Å². The number of benzene rings is 2. The molecule has 2 atom stereocenters. The Kier molecular flexibility index (Phi) is 12.7. The summed E-state index contributed by atoms with van der Waals surface area (Å²) in [5.41, 5.74) is 2.55. The number of aliphatic hydroxyl groups excluding tert-OH is 2. The summed E-state index contributed by atoms with van der Waals surface area (Å²) in [4.78, 5) is 21.6. The van der Waals surface area contributed by atoms with Gasteiger partial charge in [-0.3, -0.25) is 4.90 Å². The molecule has 0 saturated heterocycles. The number of hydrogen-bond donors (Lipinski definition) is 5. The van der Waals surface area contributed by atoms with Crippen LogP contribution >= 0.6 is 0 Å². The first-order chi connectivity index (χ1) is 16.5. The molecule has 0 radical (unpaired) electrons. The minimum absolute atomic E-state index is 0.0112. The molecule has 35 heavy (non-hydrogen) atoms. The summed E-state index contributed by atoms with van der Waals surface area (Å²) in [6.07, 6.45) is 1.03. The van der Waals surface area contributed by atoms with Crippen LogP contribution in [0, 0.1) is 0 Å². The lowest BCUT2D eigenvalue weighted by molar-refractivity contribution is -0.134. The highest BCUT2D eigenvalue weighted by molar-refractivity contribution is 5.89. The molecular weight excluding hydrogens is 450 g/mol. The van der Waals surface area contributed by atoms with Gasteiger partial charge < -0.3 is 25.5 Å². The summed E-state index contributed by atoms with van der Waals surface area (Å²) >= 11 is 0. The molecule has 0 unspecified atom stereocenters. The first-order valence-electron chi connectivity index (χ1n) is 11.5. The lowest BCUT2D eigenvalue weighted by Gasteiger charge is -2.32. The van der Waals surface area contributed by atoms with Crippen LogP contribution in [0.5, 0.6) is 5.75 Å². The minimum Gasteiger partial charge on any atom is -0.508 e. The third-order valence-corrected chi connectivity index (χ3v) is 5.56. The largest absolute Gasteiger partial charge is 0.508 e. The standard InChI is InChI=1S/C23H33NO3.C4H4O4/c1-16(2)24(17(3)4)13-12-20(18-8-6-5-7-9-18)21-14-19(23(27)15-25)10-11-22(21)26;5-3(6)1-2-4(7)8/h5-11,14,16-17,20,23,25-27H,12-13,15H2,1-4H3;1-2H,(H,5,6)(H,7,8)/b;2-1+/t20-,23+;/m1./s1. The molecule has 0 saturated carbocycles. The normalized spacial score (nSPS) is 13.1. The zero-order valence-electron chi connectivity index (χ0n) is 20.7. The number of aliphatic carboxylic acids is 2. The summed E-state index contributed by atoms with van der Waals surface area (Å²) in [7, 11) is 0. The van der Waals surface area contributed by atoms with E-state index in [2.05, 4.69) is 44.7 Å². The number of hydrogen-bond acceptors (Lipinski definition) is 6. The van der Waals surface area contributed by atoms with Gasteiger partial charge in [-0.15, -0.1) is 0 Å². The Labute approximate surface area is 206 Å². The molecule has 192 valence electrons. The third kappa shape index (κ3) is 10.3. The Morgan fingerprint density at radius 2 is 1.43 bits per heavy atom. The number of phenolic OH excluding ortho intramolecular Hbond substituents is 1. The summed E-state index contributed by atoms with van der Waals surface area (Å²) in [5.74, 6) is -2.28. The topological polar surface area (TPSA) is 139 Å². The molecule has 2 rings (SSSR count). The first-order valence-corrected chi connectivity index (χ1v) is 11.5. The first kappa shape index (κ1) is 29.8. The number of rotatable bonds is 11. The highest BCUT2D eigenvalue weighted by Gasteiger charge is 2.22. The van der Waals surface area contributed by atoms with Crippen molar-refractivity contribution in [2.24, 2.45) is 0 Å². The van der Waals surface area contributed by atoms with E-state index in [1.807, 2.05) is 24.3 Å². The van der Waals surface area contributed by atoms with Crippen LogP contribution in [0.25, 0.3) is 0 Å². The fourth-order valence-electron chi connectivity index (χ4n) is 3.89. The van der Waals surface area contributed by atoms with Gasteiger partial charge in [0, 0.05) is 35.7 Å². The van der Waals surface area contributed by atoms with Crippen LogP contribution in [0.4, 0.5) is 0 Å². The number of phenols is 1. The number of nitrogens with zero attached hydrogens (tertiary/aromatic N) is 1. The summed E-state index contributed by atoms with van der Waals surface area (Å²) in [6.45, 7) is 9.37. The Bertz CT molecular complexity index is 933. The average Bonchev–Trinajstić information content (AvgIpc) is 2.81. The van der Waals surface area contributed by atoms with Crippen LogP contribution < -0.4 is 0 Å². The monoisotopic (exact) mass is 487 g/mol. The molecule has 2 aromatic carbocycles. The molecular formula is C27H37NO7. The Morgan fingerprint density at radius 3 is 1.89 bits per heavy atom. The fraction of sp³-hybridized carbons (Fsp3) is 0.407. The number of aromatic hydroxyl groups is 1. The van der Waals surface area contributed by atoms with Crippen LogP contribution in [0.15, 0.2) is 60.7 Å². The predicted octanol–water partition coefficient (Wildman–Crippen LogP) is 3.77.